The third-order valence-corrected chi connectivity index (χ3v) is 1.42. The largest absolute Gasteiger partial charge is 0.384 e. The Bertz CT molecular complexity index is 251. The van der Waals surface area contributed by atoms with E-state index in [1.54, 1.807) is 0 Å². The maximum absolute atomic E-state index is 5.53. The lowest BCUT2D eigenvalue weighted by Gasteiger charge is -2.09. The fourth-order valence-corrected chi connectivity index (χ4v) is 1.09. The molecule has 4 heteroatoms. The van der Waals surface area contributed by atoms with Crippen LogP contribution in [0.4, 0.5) is 11.6 Å². The SMILES string of the molecule is CC.CN(C)Cc1cc(N)nc(N)c1. The van der Waals surface area contributed by atoms with Gasteiger partial charge in [0.2, 0.25) is 0 Å². The minimum absolute atomic E-state index is 0.479. The Balaban J connectivity index is 0.000000791. The highest BCUT2D eigenvalue weighted by molar-refractivity contribution is 5.43. The molecule has 0 aliphatic heterocycles. The highest BCUT2D eigenvalue weighted by Crippen LogP contribution is 2.09. The van der Waals surface area contributed by atoms with E-state index in [0.29, 0.717) is 11.6 Å². The first-order valence-electron chi connectivity index (χ1n) is 4.74. The van der Waals surface area contributed by atoms with Crippen LogP contribution in [0.3, 0.4) is 0 Å². The second-order valence-electron chi connectivity index (χ2n) is 3.06. The minimum atomic E-state index is 0.479. The average molecular weight is 196 g/mol. The van der Waals surface area contributed by atoms with E-state index in [9.17, 15) is 0 Å². The summed E-state index contributed by atoms with van der Waals surface area (Å²) in [6.07, 6.45) is 0. The van der Waals surface area contributed by atoms with Crippen LogP contribution in [0.2, 0.25) is 0 Å². The van der Waals surface area contributed by atoms with E-state index in [2.05, 4.69) is 4.98 Å². The Morgan fingerprint density at radius 1 is 1.14 bits per heavy atom. The summed E-state index contributed by atoms with van der Waals surface area (Å²) >= 11 is 0. The number of nitrogen functional groups attached to an aromatic ring is 2. The van der Waals surface area contributed by atoms with Crippen molar-refractivity contribution in [3.05, 3.63) is 17.7 Å². The normalized spacial score (nSPS) is 9.50. The molecule has 0 saturated carbocycles. The fraction of sp³-hybridized carbons (Fsp3) is 0.500. The number of anilines is 2. The summed E-state index contributed by atoms with van der Waals surface area (Å²) < 4.78 is 0. The van der Waals surface area contributed by atoms with Gasteiger partial charge in [0, 0.05) is 6.54 Å². The second kappa shape index (κ2) is 6.21. The van der Waals surface area contributed by atoms with Crippen LogP contribution in [0.5, 0.6) is 0 Å². The van der Waals surface area contributed by atoms with Crippen molar-refractivity contribution >= 4 is 11.6 Å². The highest BCUT2D eigenvalue weighted by atomic mass is 15.0. The maximum Gasteiger partial charge on any atom is 0.126 e. The third kappa shape index (κ3) is 4.67. The van der Waals surface area contributed by atoms with Gasteiger partial charge in [0.15, 0.2) is 0 Å². The molecule has 0 fully saturated rings. The Morgan fingerprint density at radius 2 is 1.57 bits per heavy atom. The summed E-state index contributed by atoms with van der Waals surface area (Å²) in [7, 11) is 3.99. The molecule has 4 N–H and O–H groups in total. The van der Waals surface area contributed by atoms with Crippen LogP contribution in [0.25, 0.3) is 0 Å². The van der Waals surface area contributed by atoms with Crippen LogP contribution in [-0.2, 0) is 6.54 Å². The predicted octanol–water partition coefficient (Wildman–Crippen LogP) is 1.33. The number of pyridine rings is 1. The van der Waals surface area contributed by atoms with Gasteiger partial charge in [0.25, 0.3) is 0 Å². The monoisotopic (exact) mass is 196 g/mol. The lowest BCUT2D eigenvalue weighted by Crippen LogP contribution is -2.11. The lowest BCUT2D eigenvalue weighted by atomic mass is 10.2. The van der Waals surface area contributed by atoms with Gasteiger partial charge in [0.05, 0.1) is 0 Å². The van der Waals surface area contributed by atoms with Gasteiger partial charge in [0.1, 0.15) is 11.6 Å². The van der Waals surface area contributed by atoms with Crippen LogP contribution in [0.1, 0.15) is 19.4 Å². The molecule has 0 saturated heterocycles. The van der Waals surface area contributed by atoms with E-state index in [1.165, 1.54) is 0 Å². The minimum Gasteiger partial charge on any atom is -0.384 e. The summed E-state index contributed by atoms with van der Waals surface area (Å²) in [5.41, 5.74) is 12.1. The second-order valence-corrected chi connectivity index (χ2v) is 3.06. The number of nitrogens with zero attached hydrogens (tertiary/aromatic N) is 2. The molecular weight excluding hydrogens is 176 g/mol. The topological polar surface area (TPSA) is 68.2 Å². The van der Waals surface area contributed by atoms with Crippen molar-refractivity contribution in [1.29, 1.82) is 0 Å². The van der Waals surface area contributed by atoms with Crippen LogP contribution >= 0.6 is 0 Å². The van der Waals surface area contributed by atoms with E-state index >= 15 is 0 Å². The van der Waals surface area contributed by atoms with Crippen molar-refractivity contribution in [3.63, 3.8) is 0 Å². The average Bonchev–Trinajstić information content (AvgIpc) is 2.04. The molecule has 14 heavy (non-hydrogen) atoms. The van der Waals surface area contributed by atoms with E-state index in [0.717, 1.165) is 12.1 Å². The summed E-state index contributed by atoms with van der Waals surface area (Å²) in [4.78, 5) is 5.93. The number of aromatic nitrogens is 1. The molecule has 0 spiro atoms. The fourth-order valence-electron chi connectivity index (χ4n) is 1.09. The summed E-state index contributed by atoms with van der Waals surface area (Å²) in [6.45, 7) is 4.83. The van der Waals surface area contributed by atoms with Crippen LogP contribution in [0.15, 0.2) is 12.1 Å². The number of hydrogen-bond acceptors (Lipinski definition) is 4. The van der Waals surface area contributed by atoms with Gasteiger partial charge in [-0.2, -0.15) is 0 Å². The molecule has 1 aromatic rings. The van der Waals surface area contributed by atoms with E-state index in [1.807, 2.05) is 45.0 Å². The van der Waals surface area contributed by atoms with Gasteiger partial charge in [-0.3, -0.25) is 0 Å². The molecule has 0 aromatic carbocycles. The van der Waals surface area contributed by atoms with Gasteiger partial charge >= 0.3 is 0 Å². The van der Waals surface area contributed by atoms with Crippen LogP contribution < -0.4 is 11.5 Å². The number of rotatable bonds is 2. The third-order valence-electron chi connectivity index (χ3n) is 1.42. The Labute approximate surface area is 85.9 Å². The molecule has 0 atom stereocenters. The van der Waals surface area contributed by atoms with Crippen molar-refractivity contribution in [2.24, 2.45) is 0 Å². The Morgan fingerprint density at radius 3 is 1.93 bits per heavy atom. The Kier molecular flexibility index (Phi) is 5.64. The summed E-state index contributed by atoms with van der Waals surface area (Å²) in [5.74, 6) is 0.957. The molecule has 4 nitrogen and oxygen atoms in total. The predicted molar refractivity (Wildman–Crippen MR) is 61.8 cm³/mol. The molecule has 1 rings (SSSR count). The molecule has 0 radical (unpaired) electrons. The van der Waals surface area contributed by atoms with Crippen molar-refractivity contribution in [1.82, 2.24) is 9.88 Å². The van der Waals surface area contributed by atoms with E-state index in [4.69, 9.17) is 11.5 Å². The molecule has 0 aliphatic rings. The van der Waals surface area contributed by atoms with Crippen molar-refractivity contribution in [3.8, 4) is 0 Å². The molecule has 0 unspecified atom stereocenters. The standard InChI is InChI=1S/C8H14N4.C2H6/c1-12(2)5-6-3-7(9)11-8(10)4-6;1-2/h3-4H,5H2,1-2H3,(H4,9,10,11);1-2H3. The Hall–Kier alpha value is -1.29. The molecule has 80 valence electrons. The van der Waals surface area contributed by atoms with Gasteiger partial charge in [-0.15, -0.1) is 0 Å². The first-order valence-corrected chi connectivity index (χ1v) is 4.74. The smallest absolute Gasteiger partial charge is 0.126 e. The van der Waals surface area contributed by atoms with Crippen LogP contribution in [-0.4, -0.2) is 24.0 Å². The first-order chi connectivity index (χ1) is 6.58. The van der Waals surface area contributed by atoms with Crippen molar-refractivity contribution in [2.45, 2.75) is 20.4 Å². The van der Waals surface area contributed by atoms with Crippen LogP contribution in [0, 0.1) is 0 Å². The molecule has 0 bridgehead atoms. The summed E-state index contributed by atoms with van der Waals surface area (Å²) in [5, 5.41) is 0. The zero-order valence-electron chi connectivity index (χ0n) is 9.41. The maximum atomic E-state index is 5.53. The van der Waals surface area contributed by atoms with Gasteiger partial charge < -0.3 is 16.4 Å². The number of hydrogen-bond donors (Lipinski definition) is 2. The van der Waals surface area contributed by atoms with Crippen molar-refractivity contribution in [2.75, 3.05) is 25.6 Å². The van der Waals surface area contributed by atoms with E-state index in [-0.39, 0.29) is 0 Å². The highest BCUT2D eigenvalue weighted by Gasteiger charge is 1.98. The lowest BCUT2D eigenvalue weighted by molar-refractivity contribution is 0.402. The number of nitrogens with two attached hydrogens (primary N) is 2. The zero-order chi connectivity index (χ0) is 11.1. The molecular formula is C10H20N4. The summed E-state index contributed by atoms with van der Waals surface area (Å²) in [6, 6.07) is 3.66. The van der Waals surface area contributed by atoms with Gasteiger partial charge in [-0.1, -0.05) is 13.8 Å². The molecule has 1 aromatic heterocycles. The molecule has 0 amide bonds. The first kappa shape index (κ1) is 12.7. The molecule has 0 aliphatic carbocycles. The van der Waals surface area contributed by atoms with Crippen molar-refractivity contribution < 1.29 is 0 Å². The molecule has 1 heterocycles. The van der Waals surface area contributed by atoms with Gasteiger partial charge in [-0.05, 0) is 31.8 Å². The zero-order valence-corrected chi connectivity index (χ0v) is 9.41. The van der Waals surface area contributed by atoms with Gasteiger partial charge in [-0.25, -0.2) is 4.98 Å². The quantitative estimate of drug-likeness (QED) is 0.749. The van der Waals surface area contributed by atoms with E-state index < -0.39 is 0 Å².